The lowest BCUT2D eigenvalue weighted by atomic mass is 9.99. The van der Waals surface area contributed by atoms with E-state index in [1.54, 1.807) is 30.3 Å². The number of hydrogen-bond acceptors (Lipinski definition) is 0. The van der Waals surface area contributed by atoms with E-state index in [4.69, 9.17) is 0 Å². The zero-order chi connectivity index (χ0) is 12.5. The van der Waals surface area contributed by atoms with Gasteiger partial charge < -0.3 is 0 Å². The van der Waals surface area contributed by atoms with Crippen molar-refractivity contribution in [3.05, 3.63) is 59.9 Å². The minimum absolute atomic E-state index is 0.0144. The number of hydrogen-bond donors (Lipinski definition) is 0. The van der Waals surface area contributed by atoms with Crippen LogP contribution in [0.2, 0.25) is 0 Å². The SMILES string of the molecule is Fc1ccc(-c2ccccc2)c(C(F)(F)F)c1. The van der Waals surface area contributed by atoms with Gasteiger partial charge in [0.25, 0.3) is 0 Å². The molecule has 0 saturated heterocycles. The van der Waals surface area contributed by atoms with Crippen molar-refractivity contribution >= 4 is 0 Å². The third-order valence-electron chi connectivity index (χ3n) is 2.37. The highest BCUT2D eigenvalue weighted by Gasteiger charge is 2.34. The second-order valence-corrected chi connectivity index (χ2v) is 3.55. The Morgan fingerprint density at radius 1 is 0.824 bits per heavy atom. The lowest BCUT2D eigenvalue weighted by Crippen LogP contribution is -2.07. The van der Waals surface area contributed by atoms with Crippen molar-refractivity contribution < 1.29 is 17.6 Å². The Kier molecular flexibility index (Phi) is 2.88. The van der Waals surface area contributed by atoms with Crippen molar-refractivity contribution in [2.24, 2.45) is 0 Å². The molecule has 0 amide bonds. The second kappa shape index (κ2) is 4.20. The summed E-state index contributed by atoms with van der Waals surface area (Å²) in [5.41, 5.74) is -0.553. The normalized spacial score (nSPS) is 11.5. The first-order valence-electron chi connectivity index (χ1n) is 4.90. The van der Waals surface area contributed by atoms with Crippen LogP contribution in [0.4, 0.5) is 17.6 Å². The van der Waals surface area contributed by atoms with E-state index in [0.29, 0.717) is 11.6 Å². The van der Waals surface area contributed by atoms with Crippen LogP contribution in [0.3, 0.4) is 0 Å². The Labute approximate surface area is 95.5 Å². The van der Waals surface area contributed by atoms with Crippen molar-refractivity contribution in [1.82, 2.24) is 0 Å². The molecule has 0 heterocycles. The fraction of sp³-hybridized carbons (Fsp3) is 0.0769. The maximum Gasteiger partial charge on any atom is 0.417 e. The van der Waals surface area contributed by atoms with Gasteiger partial charge in [0.15, 0.2) is 0 Å². The molecule has 0 spiro atoms. The van der Waals surface area contributed by atoms with Crippen LogP contribution in [-0.4, -0.2) is 0 Å². The van der Waals surface area contributed by atoms with Crippen LogP contribution in [0.5, 0.6) is 0 Å². The van der Waals surface area contributed by atoms with E-state index in [0.717, 1.165) is 12.1 Å². The Morgan fingerprint density at radius 2 is 1.47 bits per heavy atom. The summed E-state index contributed by atoms with van der Waals surface area (Å²) in [6.45, 7) is 0. The average molecular weight is 240 g/mol. The van der Waals surface area contributed by atoms with Crippen LogP contribution in [0.25, 0.3) is 11.1 Å². The second-order valence-electron chi connectivity index (χ2n) is 3.55. The molecular formula is C13H8F4. The van der Waals surface area contributed by atoms with Crippen LogP contribution in [0.1, 0.15) is 5.56 Å². The summed E-state index contributed by atoms with van der Waals surface area (Å²) in [7, 11) is 0. The van der Waals surface area contributed by atoms with Gasteiger partial charge >= 0.3 is 6.18 Å². The van der Waals surface area contributed by atoms with Crippen LogP contribution >= 0.6 is 0 Å². The minimum atomic E-state index is -4.56. The number of alkyl halides is 3. The summed E-state index contributed by atoms with van der Waals surface area (Å²) >= 11 is 0. The lowest BCUT2D eigenvalue weighted by molar-refractivity contribution is -0.137. The maximum atomic E-state index is 12.9. The van der Waals surface area contributed by atoms with E-state index >= 15 is 0 Å². The zero-order valence-electron chi connectivity index (χ0n) is 8.63. The highest BCUT2D eigenvalue weighted by atomic mass is 19.4. The van der Waals surface area contributed by atoms with Gasteiger partial charge in [-0.3, -0.25) is 0 Å². The third kappa shape index (κ3) is 2.46. The summed E-state index contributed by atoms with van der Waals surface area (Å²) in [6.07, 6.45) is -4.56. The highest BCUT2D eigenvalue weighted by molar-refractivity contribution is 5.67. The summed E-state index contributed by atoms with van der Waals surface area (Å²) in [5.74, 6) is -0.892. The van der Waals surface area contributed by atoms with Gasteiger partial charge in [0.1, 0.15) is 5.82 Å². The zero-order valence-corrected chi connectivity index (χ0v) is 8.63. The number of halogens is 4. The molecule has 0 unspecified atom stereocenters. The monoisotopic (exact) mass is 240 g/mol. The van der Waals surface area contributed by atoms with Crippen molar-refractivity contribution in [2.75, 3.05) is 0 Å². The fourth-order valence-electron chi connectivity index (χ4n) is 1.62. The quantitative estimate of drug-likeness (QED) is 0.643. The highest BCUT2D eigenvalue weighted by Crippen LogP contribution is 2.37. The van der Waals surface area contributed by atoms with E-state index in [1.165, 1.54) is 0 Å². The largest absolute Gasteiger partial charge is 0.417 e. The molecule has 0 bridgehead atoms. The molecule has 0 saturated carbocycles. The first-order valence-corrected chi connectivity index (χ1v) is 4.90. The molecule has 2 aromatic carbocycles. The van der Waals surface area contributed by atoms with Crippen LogP contribution in [0, 0.1) is 5.82 Å². The molecule has 17 heavy (non-hydrogen) atoms. The van der Waals surface area contributed by atoms with E-state index in [1.807, 2.05) is 0 Å². The van der Waals surface area contributed by atoms with Crippen molar-refractivity contribution in [2.45, 2.75) is 6.18 Å². The summed E-state index contributed by atoms with van der Waals surface area (Å²) in [6, 6.07) is 10.8. The molecule has 0 fully saturated rings. The van der Waals surface area contributed by atoms with E-state index in [9.17, 15) is 17.6 Å². The molecule has 0 aromatic heterocycles. The maximum absolute atomic E-state index is 12.9. The fourth-order valence-corrected chi connectivity index (χ4v) is 1.62. The summed E-state index contributed by atoms with van der Waals surface area (Å²) in [5, 5.41) is 0. The predicted octanol–water partition coefficient (Wildman–Crippen LogP) is 4.51. The van der Waals surface area contributed by atoms with Crippen molar-refractivity contribution in [1.29, 1.82) is 0 Å². The van der Waals surface area contributed by atoms with Gasteiger partial charge in [0.05, 0.1) is 5.56 Å². The summed E-state index contributed by atoms with van der Waals surface area (Å²) in [4.78, 5) is 0. The van der Waals surface area contributed by atoms with Gasteiger partial charge in [-0.15, -0.1) is 0 Å². The lowest BCUT2D eigenvalue weighted by Gasteiger charge is -2.12. The smallest absolute Gasteiger partial charge is 0.207 e. The van der Waals surface area contributed by atoms with Crippen molar-refractivity contribution in [3.63, 3.8) is 0 Å². The first-order chi connectivity index (χ1) is 7.98. The Bertz CT molecular complexity index is 515. The van der Waals surface area contributed by atoms with Gasteiger partial charge in [-0.05, 0) is 23.3 Å². The topological polar surface area (TPSA) is 0 Å². The van der Waals surface area contributed by atoms with Crippen LogP contribution in [-0.2, 0) is 6.18 Å². The third-order valence-corrected chi connectivity index (χ3v) is 2.37. The van der Waals surface area contributed by atoms with Gasteiger partial charge in [0, 0.05) is 0 Å². The molecule has 0 radical (unpaired) electrons. The molecule has 0 aliphatic heterocycles. The van der Waals surface area contributed by atoms with Gasteiger partial charge in [0.2, 0.25) is 0 Å². The first kappa shape index (κ1) is 11.6. The Morgan fingerprint density at radius 3 is 2.06 bits per heavy atom. The molecule has 0 aliphatic carbocycles. The predicted molar refractivity (Wildman–Crippen MR) is 56.8 cm³/mol. The van der Waals surface area contributed by atoms with Crippen LogP contribution < -0.4 is 0 Å². The van der Waals surface area contributed by atoms with Crippen molar-refractivity contribution in [3.8, 4) is 11.1 Å². The average Bonchev–Trinajstić information content (AvgIpc) is 2.29. The molecule has 0 nitrogen and oxygen atoms in total. The molecule has 0 N–H and O–H groups in total. The molecule has 0 atom stereocenters. The Hall–Kier alpha value is -1.84. The molecule has 4 heteroatoms. The summed E-state index contributed by atoms with van der Waals surface area (Å²) < 4.78 is 51.1. The van der Waals surface area contributed by atoms with Gasteiger partial charge in [-0.2, -0.15) is 13.2 Å². The number of rotatable bonds is 1. The van der Waals surface area contributed by atoms with E-state index < -0.39 is 17.6 Å². The standard InChI is InChI=1S/C13H8F4/c14-10-6-7-11(9-4-2-1-3-5-9)12(8-10)13(15,16)17/h1-8H. The molecule has 2 aromatic rings. The van der Waals surface area contributed by atoms with Gasteiger partial charge in [-0.25, -0.2) is 4.39 Å². The van der Waals surface area contributed by atoms with E-state index in [-0.39, 0.29) is 5.56 Å². The van der Waals surface area contributed by atoms with Gasteiger partial charge in [-0.1, -0.05) is 36.4 Å². The number of benzene rings is 2. The molecular weight excluding hydrogens is 232 g/mol. The van der Waals surface area contributed by atoms with E-state index in [2.05, 4.69) is 0 Å². The molecule has 88 valence electrons. The minimum Gasteiger partial charge on any atom is -0.207 e. The Balaban J connectivity index is 2.63. The molecule has 0 aliphatic rings. The van der Waals surface area contributed by atoms with Crippen LogP contribution in [0.15, 0.2) is 48.5 Å². The molecule has 2 rings (SSSR count).